The molecule has 0 bridgehead atoms. The van der Waals surface area contributed by atoms with E-state index in [1.54, 1.807) is 11.3 Å². The van der Waals surface area contributed by atoms with E-state index in [0.29, 0.717) is 9.84 Å². The van der Waals surface area contributed by atoms with E-state index < -0.39 is 0 Å². The second-order valence-electron chi connectivity index (χ2n) is 2.75. The van der Waals surface area contributed by atoms with Crippen LogP contribution >= 0.6 is 33.9 Å². The summed E-state index contributed by atoms with van der Waals surface area (Å²) in [6.07, 6.45) is 0. The van der Waals surface area contributed by atoms with Crippen molar-refractivity contribution in [2.45, 2.75) is 30.6 Å². The molecule has 0 aliphatic rings. The molecule has 0 amide bonds. The molecule has 1 rings (SSSR count). The van der Waals surface area contributed by atoms with Crippen molar-refractivity contribution >= 4 is 33.9 Å². The molecule has 1 aromatic rings. The van der Waals surface area contributed by atoms with E-state index in [1.165, 1.54) is 0 Å². The molecule has 62 valence electrons. The van der Waals surface area contributed by atoms with E-state index in [9.17, 15) is 0 Å². The molecule has 0 spiro atoms. The standard InChI is InChI=1S/C7H11IN2S/c1-4(2)6-9-10-7(11-6)5(3)8/h4-5H,1-3H3/t5-/m0/s1. The van der Waals surface area contributed by atoms with Crippen molar-refractivity contribution < 1.29 is 0 Å². The number of hydrogen-bond acceptors (Lipinski definition) is 3. The Morgan fingerprint density at radius 3 is 2.00 bits per heavy atom. The molecule has 4 heteroatoms. The lowest BCUT2D eigenvalue weighted by Gasteiger charge is -1.94. The van der Waals surface area contributed by atoms with Gasteiger partial charge in [-0.1, -0.05) is 36.4 Å². The van der Waals surface area contributed by atoms with Gasteiger partial charge in [-0.2, -0.15) is 0 Å². The van der Waals surface area contributed by atoms with Crippen LogP contribution in [0.3, 0.4) is 0 Å². The molecule has 0 aliphatic heterocycles. The molecule has 2 nitrogen and oxygen atoms in total. The number of nitrogens with zero attached hydrogens (tertiary/aromatic N) is 2. The molecule has 1 heterocycles. The van der Waals surface area contributed by atoms with Crippen LogP contribution in [0, 0.1) is 0 Å². The molecule has 0 fully saturated rings. The molecule has 1 atom stereocenters. The van der Waals surface area contributed by atoms with Crippen molar-refractivity contribution in [2.24, 2.45) is 0 Å². The highest BCUT2D eigenvalue weighted by Gasteiger charge is 2.10. The van der Waals surface area contributed by atoms with Gasteiger partial charge in [-0.15, -0.1) is 21.5 Å². The molecule has 0 aliphatic carbocycles. The van der Waals surface area contributed by atoms with Gasteiger partial charge in [-0.05, 0) is 6.92 Å². The predicted molar refractivity (Wildman–Crippen MR) is 56.4 cm³/mol. The van der Waals surface area contributed by atoms with Gasteiger partial charge in [0, 0.05) is 5.92 Å². The first-order chi connectivity index (χ1) is 5.11. The van der Waals surface area contributed by atoms with E-state index in [0.717, 1.165) is 10.0 Å². The third-order valence-electron chi connectivity index (χ3n) is 1.29. The SMILES string of the molecule is CC(C)c1nnc([C@H](C)I)s1. The quantitative estimate of drug-likeness (QED) is 0.615. The maximum absolute atomic E-state index is 4.10. The van der Waals surface area contributed by atoms with E-state index in [4.69, 9.17) is 0 Å². The minimum Gasteiger partial charge on any atom is -0.143 e. The van der Waals surface area contributed by atoms with Gasteiger partial charge in [0.25, 0.3) is 0 Å². The average Bonchev–Trinajstić information content (AvgIpc) is 2.33. The highest BCUT2D eigenvalue weighted by atomic mass is 127. The van der Waals surface area contributed by atoms with E-state index in [1.807, 2.05) is 0 Å². The second-order valence-corrected chi connectivity index (χ2v) is 5.66. The van der Waals surface area contributed by atoms with Crippen LogP contribution in [0.25, 0.3) is 0 Å². The smallest absolute Gasteiger partial charge is 0.130 e. The van der Waals surface area contributed by atoms with Crippen LogP contribution in [0.5, 0.6) is 0 Å². The molecule has 11 heavy (non-hydrogen) atoms. The Labute approximate surface area is 84.6 Å². The molecule has 0 N–H and O–H groups in total. The molecular weight excluding hydrogens is 271 g/mol. The molecule has 0 radical (unpaired) electrons. The summed E-state index contributed by atoms with van der Waals surface area (Å²) in [7, 11) is 0. The molecule has 0 unspecified atom stereocenters. The van der Waals surface area contributed by atoms with Gasteiger partial charge >= 0.3 is 0 Å². The van der Waals surface area contributed by atoms with Gasteiger partial charge in [0.2, 0.25) is 0 Å². The predicted octanol–water partition coefficient (Wildman–Crippen LogP) is 3.16. The minimum absolute atomic E-state index is 0.484. The number of rotatable bonds is 2. The van der Waals surface area contributed by atoms with Crippen LogP contribution in [-0.2, 0) is 0 Å². The lowest BCUT2D eigenvalue weighted by atomic mass is 10.2. The third kappa shape index (κ3) is 2.37. The summed E-state index contributed by atoms with van der Waals surface area (Å²) in [6.45, 7) is 6.41. The van der Waals surface area contributed by atoms with Gasteiger partial charge in [-0.3, -0.25) is 0 Å². The fourth-order valence-corrected chi connectivity index (χ4v) is 1.92. The van der Waals surface area contributed by atoms with Crippen LogP contribution in [0.15, 0.2) is 0 Å². The Morgan fingerprint density at radius 2 is 1.73 bits per heavy atom. The normalized spacial score (nSPS) is 13.9. The van der Waals surface area contributed by atoms with Crippen LogP contribution < -0.4 is 0 Å². The first-order valence-corrected chi connectivity index (χ1v) is 5.65. The molecule has 0 aromatic carbocycles. The fourth-order valence-electron chi connectivity index (χ4n) is 0.641. The number of aromatic nitrogens is 2. The van der Waals surface area contributed by atoms with Gasteiger partial charge in [0.1, 0.15) is 10.0 Å². The summed E-state index contributed by atoms with van der Waals surface area (Å²) >= 11 is 4.07. The Hall–Kier alpha value is 0.290. The van der Waals surface area contributed by atoms with Crippen molar-refractivity contribution in [3.63, 3.8) is 0 Å². The lowest BCUT2D eigenvalue weighted by Crippen LogP contribution is -1.84. The number of hydrogen-bond donors (Lipinski definition) is 0. The van der Waals surface area contributed by atoms with Crippen molar-refractivity contribution in [2.75, 3.05) is 0 Å². The summed E-state index contributed by atoms with van der Waals surface area (Å²) in [4.78, 5) is 0. The van der Waals surface area contributed by atoms with Gasteiger partial charge in [0.05, 0.1) is 3.92 Å². The van der Waals surface area contributed by atoms with Gasteiger partial charge in [0.15, 0.2) is 0 Å². The Kier molecular flexibility index (Phi) is 3.24. The molecule has 0 saturated carbocycles. The maximum Gasteiger partial charge on any atom is 0.130 e. The summed E-state index contributed by atoms with van der Waals surface area (Å²) in [5.74, 6) is 0.511. The van der Waals surface area contributed by atoms with E-state index in [2.05, 4.69) is 53.6 Å². The van der Waals surface area contributed by atoms with E-state index in [-0.39, 0.29) is 0 Å². The lowest BCUT2D eigenvalue weighted by molar-refractivity contribution is 0.818. The largest absolute Gasteiger partial charge is 0.143 e. The number of halogens is 1. The highest BCUT2D eigenvalue weighted by Crippen LogP contribution is 2.28. The summed E-state index contributed by atoms with van der Waals surface area (Å²) in [5, 5.41) is 10.5. The van der Waals surface area contributed by atoms with E-state index >= 15 is 0 Å². The van der Waals surface area contributed by atoms with Crippen molar-refractivity contribution in [3.8, 4) is 0 Å². The Morgan fingerprint density at radius 1 is 1.18 bits per heavy atom. The van der Waals surface area contributed by atoms with Crippen LogP contribution in [0.4, 0.5) is 0 Å². The van der Waals surface area contributed by atoms with Gasteiger partial charge in [-0.25, -0.2) is 0 Å². The van der Waals surface area contributed by atoms with Crippen molar-refractivity contribution in [3.05, 3.63) is 10.0 Å². The first-order valence-electron chi connectivity index (χ1n) is 3.58. The highest BCUT2D eigenvalue weighted by molar-refractivity contribution is 14.1. The zero-order valence-electron chi connectivity index (χ0n) is 6.84. The number of alkyl halides is 1. The second kappa shape index (κ2) is 3.80. The summed E-state index contributed by atoms with van der Waals surface area (Å²) < 4.78 is 0.484. The average molecular weight is 282 g/mol. The van der Waals surface area contributed by atoms with Crippen LogP contribution in [0.1, 0.15) is 40.6 Å². The van der Waals surface area contributed by atoms with Crippen LogP contribution in [0.2, 0.25) is 0 Å². The molecule has 0 saturated heterocycles. The Bertz CT molecular complexity index is 210. The Balaban J connectivity index is 2.82. The van der Waals surface area contributed by atoms with Crippen molar-refractivity contribution in [1.82, 2.24) is 10.2 Å². The topological polar surface area (TPSA) is 25.8 Å². The summed E-state index contributed by atoms with van der Waals surface area (Å²) in [5.41, 5.74) is 0. The third-order valence-corrected chi connectivity index (χ3v) is 3.71. The van der Waals surface area contributed by atoms with Gasteiger partial charge < -0.3 is 0 Å². The minimum atomic E-state index is 0.484. The fraction of sp³-hybridized carbons (Fsp3) is 0.714. The maximum atomic E-state index is 4.10. The van der Waals surface area contributed by atoms with Crippen LogP contribution in [-0.4, -0.2) is 10.2 Å². The first kappa shape index (κ1) is 9.38. The van der Waals surface area contributed by atoms with Crippen molar-refractivity contribution in [1.29, 1.82) is 0 Å². The molecular formula is C7H11IN2S. The summed E-state index contributed by atoms with van der Waals surface area (Å²) in [6, 6.07) is 0. The molecule has 1 aromatic heterocycles. The monoisotopic (exact) mass is 282 g/mol. The zero-order valence-corrected chi connectivity index (χ0v) is 9.81. The zero-order chi connectivity index (χ0) is 8.43.